The molecule has 0 heterocycles. The third kappa shape index (κ3) is 1.91. The monoisotopic (exact) mass is 206 g/mol. The largest absolute Gasteiger partial charge is 0.496 e. The quantitative estimate of drug-likeness (QED) is 0.422. The van der Waals surface area contributed by atoms with E-state index in [1.165, 1.54) is 7.11 Å². The van der Waals surface area contributed by atoms with Crippen LogP contribution < -0.4 is 4.74 Å². The standard InChI is InChI=1S/C9H6N2O4/c1-15-9-3-8(11(13)14)6(4-10)2-7(9)5-12/h2-3,5H,1H3. The Morgan fingerprint density at radius 3 is 2.67 bits per heavy atom. The lowest BCUT2D eigenvalue weighted by Gasteiger charge is -2.03. The van der Waals surface area contributed by atoms with Crippen molar-refractivity contribution >= 4 is 12.0 Å². The van der Waals surface area contributed by atoms with Gasteiger partial charge in [-0.2, -0.15) is 5.26 Å². The van der Waals surface area contributed by atoms with Crippen molar-refractivity contribution in [3.8, 4) is 11.8 Å². The lowest BCUT2D eigenvalue weighted by molar-refractivity contribution is -0.385. The summed E-state index contributed by atoms with van der Waals surface area (Å²) in [7, 11) is 1.29. The fourth-order valence-corrected chi connectivity index (χ4v) is 1.10. The number of carbonyl (C=O) groups is 1. The maximum atomic E-state index is 10.6. The predicted octanol–water partition coefficient (Wildman–Crippen LogP) is 1.29. The van der Waals surface area contributed by atoms with Crippen LogP contribution in [0.5, 0.6) is 5.75 Å². The van der Waals surface area contributed by atoms with Crippen LogP contribution in [0.2, 0.25) is 0 Å². The Balaban J connectivity index is 3.49. The van der Waals surface area contributed by atoms with Gasteiger partial charge in [-0.25, -0.2) is 0 Å². The van der Waals surface area contributed by atoms with Gasteiger partial charge in [-0.1, -0.05) is 0 Å². The molecule has 1 aromatic rings. The number of hydrogen-bond acceptors (Lipinski definition) is 5. The number of methoxy groups -OCH3 is 1. The maximum absolute atomic E-state index is 10.6. The fourth-order valence-electron chi connectivity index (χ4n) is 1.10. The van der Waals surface area contributed by atoms with Crippen molar-refractivity contribution in [2.24, 2.45) is 0 Å². The number of nitro groups is 1. The van der Waals surface area contributed by atoms with Crippen LogP contribution >= 0.6 is 0 Å². The van der Waals surface area contributed by atoms with Gasteiger partial charge >= 0.3 is 0 Å². The van der Waals surface area contributed by atoms with E-state index in [1.807, 2.05) is 0 Å². The average Bonchev–Trinajstić information content (AvgIpc) is 2.26. The van der Waals surface area contributed by atoms with Gasteiger partial charge in [0, 0.05) is 0 Å². The lowest BCUT2D eigenvalue weighted by atomic mass is 10.1. The van der Waals surface area contributed by atoms with Crippen LogP contribution in [0.3, 0.4) is 0 Å². The fraction of sp³-hybridized carbons (Fsp3) is 0.111. The zero-order valence-electron chi connectivity index (χ0n) is 7.76. The van der Waals surface area contributed by atoms with Crippen molar-refractivity contribution in [1.82, 2.24) is 0 Å². The van der Waals surface area contributed by atoms with Crippen LogP contribution in [0, 0.1) is 21.4 Å². The number of nitriles is 1. The molecular weight excluding hydrogens is 200 g/mol. The number of benzene rings is 1. The molecule has 0 aliphatic heterocycles. The molecule has 0 aliphatic rings. The number of nitrogens with zero attached hydrogens (tertiary/aromatic N) is 2. The summed E-state index contributed by atoms with van der Waals surface area (Å²) in [6.07, 6.45) is 0.476. The van der Waals surface area contributed by atoms with E-state index >= 15 is 0 Å². The van der Waals surface area contributed by atoms with Crippen LogP contribution in [0.25, 0.3) is 0 Å². The van der Waals surface area contributed by atoms with Crippen LogP contribution in [-0.2, 0) is 0 Å². The number of hydrogen-bond donors (Lipinski definition) is 0. The molecule has 0 atom stereocenters. The highest BCUT2D eigenvalue weighted by molar-refractivity contribution is 5.81. The summed E-state index contributed by atoms with van der Waals surface area (Å²) in [5.41, 5.74) is -0.428. The lowest BCUT2D eigenvalue weighted by Crippen LogP contribution is -1.97. The number of aldehydes is 1. The number of nitro benzene ring substituents is 1. The molecule has 15 heavy (non-hydrogen) atoms. The SMILES string of the molecule is COc1cc([N+](=O)[O-])c(C#N)cc1C=O. The molecule has 0 aliphatic carbocycles. The third-order valence-electron chi connectivity index (χ3n) is 1.79. The maximum Gasteiger partial charge on any atom is 0.290 e. The molecule has 0 spiro atoms. The van der Waals surface area contributed by atoms with E-state index in [0.29, 0.717) is 6.29 Å². The number of carbonyl (C=O) groups excluding carboxylic acids is 1. The van der Waals surface area contributed by atoms with Crippen molar-refractivity contribution in [2.45, 2.75) is 0 Å². The van der Waals surface area contributed by atoms with E-state index in [4.69, 9.17) is 10.00 Å². The van der Waals surface area contributed by atoms with E-state index in [0.717, 1.165) is 12.1 Å². The summed E-state index contributed by atoms with van der Waals surface area (Å²) in [6.45, 7) is 0. The first-order valence-electron chi connectivity index (χ1n) is 3.85. The summed E-state index contributed by atoms with van der Waals surface area (Å²) < 4.78 is 4.78. The van der Waals surface area contributed by atoms with Gasteiger partial charge in [0.15, 0.2) is 6.29 Å². The molecule has 0 saturated carbocycles. The molecule has 6 nitrogen and oxygen atoms in total. The van der Waals surface area contributed by atoms with Crippen molar-refractivity contribution in [2.75, 3.05) is 7.11 Å². The van der Waals surface area contributed by atoms with Gasteiger partial charge in [-0.05, 0) is 6.07 Å². The van der Waals surface area contributed by atoms with E-state index in [2.05, 4.69) is 0 Å². The van der Waals surface area contributed by atoms with Gasteiger partial charge in [0.2, 0.25) is 0 Å². The molecule has 0 N–H and O–H groups in total. The van der Waals surface area contributed by atoms with Gasteiger partial charge < -0.3 is 4.74 Å². The van der Waals surface area contributed by atoms with Crippen LogP contribution in [-0.4, -0.2) is 18.3 Å². The summed E-state index contributed by atoms with van der Waals surface area (Å²) in [4.78, 5) is 20.4. The molecule has 0 bridgehead atoms. The summed E-state index contributed by atoms with van der Waals surface area (Å²) >= 11 is 0. The summed E-state index contributed by atoms with van der Waals surface area (Å²) in [5.74, 6) is 0.0794. The Bertz CT molecular complexity index is 462. The van der Waals surface area contributed by atoms with Crippen LogP contribution in [0.4, 0.5) is 5.69 Å². The molecule has 1 rings (SSSR count). The molecule has 0 fully saturated rings. The van der Waals surface area contributed by atoms with Crippen molar-refractivity contribution < 1.29 is 14.5 Å². The Morgan fingerprint density at radius 2 is 2.27 bits per heavy atom. The molecule has 0 aromatic heterocycles. The van der Waals surface area contributed by atoms with Crippen LogP contribution in [0.1, 0.15) is 15.9 Å². The normalized spacial score (nSPS) is 9.07. The molecule has 0 unspecified atom stereocenters. The molecular formula is C9H6N2O4. The second kappa shape index (κ2) is 4.19. The van der Waals surface area contributed by atoms with E-state index in [1.54, 1.807) is 6.07 Å². The number of ether oxygens (including phenoxy) is 1. The number of rotatable bonds is 3. The Labute approximate surface area is 84.8 Å². The first-order valence-corrected chi connectivity index (χ1v) is 3.85. The third-order valence-corrected chi connectivity index (χ3v) is 1.79. The molecule has 0 saturated heterocycles. The van der Waals surface area contributed by atoms with Crippen molar-refractivity contribution in [3.05, 3.63) is 33.4 Å². The Hall–Kier alpha value is -2.42. The minimum absolute atomic E-state index is 0.0794. The highest BCUT2D eigenvalue weighted by Gasteiger charge is 2.18. The summed E-state index contributed by atoms with van der Waals surface area (Å²) in [5, 5.41) is 19.2. The van der Waals surface area contributed by atoms with Gasteiger partial charge in [0.25, 0.3) is 5.69 Å². The smallest absolute Gasteiger partial charge is 0.290 e. The van der Waals surface area contributed by atoms with Gasteiger partial charge in [-0.15, -0.1) is 0 Å². The zero-order chi connectivity index (χ0) is 11.4. The van der Waals surface area contributed by atoms with Crippen molar-refractivity contribution in [1.29, 1.82) is 5.26 Å². The molecule has 0 radical (unpaired) electrons. The van der Waals surface area contributed by atoms with Gasteiger partial charge in [0.05, 0.1) is 23.7 Å². The van der Waals surface area contributed by atoms with Crippen molar-refractivity contribution in [3.63, 3.8) is 0 Å². The molecule has 0 amide bonds. The highest BCUT2D eigenvalue weighted by atomic mass is 16.6. The summed E-state index contributed by atoms with van der Waals surface area (Å²) in [6, 6.07) is 3.83. The van der Waals surface area contributed by atoms with Gasteiger partial charge in [-0.3, -0.25) is 14.9 Å². The zero-order valence-corrected chi connectivity index (χ0v) is 7.76. The minimum Gasteiger partial charge on any atom is -0.496 e. The van der Waals surface area contributed by atoms with E-state index < -0.39 is 4.92 Å². The first-order chi connectivity index (χ1) is 7.13. The Morgan fingerprint density at radius 1 is 1.60 bits per heavy atom. The first kappa shape index (κ1) is 10.7. The molecule has 76 valence electrons. The van der Waals surface area contributed by atoms with Crippen LogP contribution in [0.15, 0.2) is 12.1 Å². The van der Waals surface area contributed by atoms with Gasteiger partial charge in [0.1, 0.15) is 17.4 Å². The predicted molar refractivity (Wildman–Crippen MR) is 49.8 cm³/mol. The second-order valence-corrected chi connectivity index (χ2v) is 2.60. The Kier molecular flexibility index (Phi) is 2.98. The molecule has 1 aromatic carbocycles. The van der Waals surface area contributed by atoms with E-state index in [-0.39, 0.29) is 22.6 Å². The second-order valence-electron chi connectivity index (χ2n) is 2.60. The topological polar surface area (TPSA) is 93.2 Å². The van der Waals surface area contributed by atoms with E-state index in [9.17, 15) is 14.9 Å². The average molecular weight is 206 g/mol. The minimum atomic E-state index is -0.699. The molecule has 6 heteroatoms. The highest BCUT2D eigenvalue weighted by Crippen LogP contribution is 2.27.